The van der Waals surface area contributed by atoms with Crippen molar-refractivity contribution in [1.82, 2.24) is 4.98 Å². The topological polar surface area (TPSA) is 121 Å². The lowest BCUT2D eigenvalue weighted by atomic mass is 9.73. The Morgan fingerprint density at radius 2 is 1.68 bits per heavy atom. The van der Waals surface area contributed by atoms with Crippen molar-refractivity contribution in [2.45, 2.75) is 25.3 Å². The number of hydrogen-bond acceptors (Lipinski definition) is 6. The van der Waals surface area contributed by atoms with Crippen molar-refractivity contribution in [3.05, 3.63) is 106 Å². The van der Waals surface area contributed by atoms with E-state index >= 15 is 0 Å². The molecule has 38 heavy (non-hydrogen) atoms. The molecule has 6 rings (SSSR count). The molecule has 1 aromatic heterocycles. The number of aromatic nitrogens is 1. The van der Waals surface area contributed by atoms with Crippen LogP contribution in [0.4, 0.5) is 11.5 Å². The number of nitrogen functional groups attached to an aromatic ring is 1. The first-order valence-corrected chi connectivity index (χ1v) is 12.9. The number of aromatic amines is 1. The van der Waals surface area contributed by atoms with Gasteiger partial charge in [-0.25, -0.2) is 0 Å². The largest absolute Gasteiger partial charge is 0.457 e. The fourth-order valence-corrected chi connectivity index (χ4v) is 6.02. The van der Waals surface area contributed by atoms with Gasteiger partial charge in [-0.05, 0) is 71.7 Å². The smallest absolute Gasteiger partial charge is 0.259 e. The van der Waals surface area contributed by atoms with E-state index in [2.05, 4.69) is 22.0 Å². The summed E-state index contributed by atoms with van der Waals surface area (Å²) in [6, 6.07) is 26.8. The summed E-state index contributed by atoms with van der Waals surface area (Å²) in [6.07, 6.45) is 2.57. The molecule has 0 amide bonds. The predicted molar refractivity (Wildman–Crippen MR) is 149 cm³/mol. The number of anilines is 2. The number of benzene rings is 3. The molecule has 3 aromatic carbocycles. The molecule has 5 N–H and O–H groups in total. The van der Waals surface area contributed by atoms with Crippen LogP contribution in [0.25, 0.3) is 11.1 Å². The van der Waals surface area contributed by atoms with Crippen molar-refractivity contribution < 1.29 is 4.74 Å². The van der Waals surface area contributed by atoms with Gasteiger partial charge in [0, 0.05) is 30.9 Å². The summed E-state index contributed by atoms with van der Waals surface area (Å²) in [6.45, 7) is 1.51. The number of piperidine rings is 1. The number of nitrogens with two attached hydrogens (primary N) is 2. The number of rotatable bonds is 4. The van der Waals surface area contributed by atoms with Crippen LogP contribution in [-0.4, -0.2) is 18.1 Å². The van der Waals surface area contributed by atoms with E-state index in [4.69, 9.17) is 16.2 Å². The number of nitrogens with one attached hydrogen (secondary N) is 1. The Hall–Kier alpha value is -4.54. The maximum atomic E-state index is 13.2. The van der Waals surface area contributed by atoms with Gasteiger partial charge in [0.05, 0.1) is 17.2 Å². The minimum Gasteiger partial charge on any atom is -0.457 e. The van der Waals surface area contributed by atoms with Gasteiger partial charge < -0.3 is 26.1 Å². The first-order valence-electron chi connectivity index (χ1n) is 12.9. The van der Waals surface area contributed by atoms with Crippen molar-refractivity contribution in [3.63, 3.8) is 0 Å². The minimum absolute atomic E-state index is 0.0683. The Morgan fingerprint density at radius 3 is 2.37 bits per heavy atom. The minimum atomic E-state index is -0.222. The summed E-state index contributed by atoms with van der Waals surface area (Å²) < 4.78 is 5.86. The molecule has 0 unspecified atom stereocenters. The molecule has 0 radical (unpaired) electrons. The second-order valence-electron chi connectivity index (χ2n) is 10.2. The Balaban J connectivity index is 1.18. The summed E-state index contributed by atoms with van der Waals surface area (Å²) in [5.74, 6) is 2.15. The van der Waals surface area contributed by atoms with Crippen LogP contribution in [0, 0.1) is 16.7 Å². The van der Waals surface area contributed by atoms with Crippen LogP contribution in [0.5, 0.6) is 11.5 Å². The SMILES string of the molecule is N#Cc1cccc2c1CC1(CCN(c3cc(N)c(-c4ccc(Oc5ccccc5)cc4)c(=O)[nH]3)CC1)[C@@H]2N. The Bertz CT molecular complexity index is 1580. The normalized spacial score (nSPS) is 17.7. The zero-order chi connectivity index (χ0) is 26.3. The number of fused-ring (bicyclic) bond motifs is 1. The maximum Gasteiger partial charge on any atom is 0.259 e. The quantitative estimate of drug-likeness (QED) is 0.355. The summed E-state index contributed by atoms with van der Waals surface area (Å²) in [7, 11) is 0. The second kappa shape index (κ2) is 9.40. The molecule has 2 heterocycles. The van der Waals surface area contributed by atoms with Crippen LogP contribution < -0.4 is 26.7 Å². The summed E-state index contributed by atoms with van der Waals surface area (Å²) in [5.41, 5.74) is 17.4. The van der Waals surface area contributed by atoms with E-state index in [9.17, 15) is 10.1 Å². The van der Waals surface area contributed by atoms with E-state index in [0.717, 1.165) is 66.2 Å². The first-order chi connectivity index (χ1) is 18.5. The molecule has 0 bridgehead atoms. The lowest BCUT2D eigenvalue weighted by Crippen LogP contribution is -2.45. The Morgan fingerprint density at radius 1 is 0.974 bits per heavy atom. The van der Waals surface area contributed by atoms with Gasteiger partial charge in [0.15, 0.2) is 0 Å². The first kappa shape index (κ1) is 23.8. The number of nitrogens with zero attached hydrogens (tertiary/aromatic N) is 2. The third-order valence-corrected chi connectivity index (χ3v) is 8.13. The van der Waals surface area contributed by atoms with Crippen LogP contribution in [0.15, 0.2) is 83.7 Å². The number of H-pyrrole nitrogens is 1. The summed E-state index contributed by atoms with van der Waals surface area (Å²) in [4.78, 5) is 18.4. The third-order valence-electron chi connectivity index (χ3n) is 8.13. The van der Waals surface area contributed by atoms with Gasteiger partial charge in [-0.15, -0.1) is 0 Å². The second-order valence-corrected chi connectivity index (χ2v) is 10.2. The molecule has 1 fully saturated rings. The van der Waals surface area contributed by atoms with E-state index in [1.165, 1.54) is 0 Å². The van der Waals surface area contributed by atoms with Crippen molar-refractivity contribution >= 4 is 11.5 Å². The van der Waals surface area contributed by atoms with Gasteiger partial charge in [-0.3, -0.25) is 4.79 Å². The molecule has 1 aliphatic carbocycles. The lowest BCUT2D eigenvalue weighted by Gasteiger charge is -2.42. The van der Waals surface area contributed by atoms with Crippen LogP contribution in [0.3, 0.4) is 0 Å². The van der Waals surface area contributed by atoms with E-state index in [-0.39, 0.29) is 17.0 Å². The van der Waals surface area contributed by atoms with Gasteiger partial charge >= 0.3 is 0 Å². The number of para-hydroxylation sites is 1. The lowest BCUT2D eigenvalue weighted by molar-refractivity contribution is 0.187. The molecule has 2 aliphatic rings. The van der Waals surface area contributed by atoms with E-state index in [1.807, 2.05) is 72.8 Å². The van der Waals surface area contributed by atoms with Crippen molar-refractivity contribution in [1.29, 1.82) is 5.26 Å². The highest BCUT2D eigenvalue weighted by Gasteiger charge is 2.46. The van der Waals surface area contributed by atoms with Crippen LogP contribution in [0.2, 0.25) is 0 Å². The molecule has 1 atom stereocenters. The average Bonchev–Trinajstić information content (AvgIpc) is 3.21. The number of nitriles is 1. The zero-order valence-corrected chi connectivity index (χ0v) is 21.0. The Kier molecular flexibility index (Phi) is 5.90. The van der Waals surface area contributed by atoms with Crippen molar-refractivity contribution in [3.8, 4) is 28.7 Å². The fourth-order valence-electron chi connectivity index (χ4n) is 6.02. The predicted octanol–water partition coefficient (Wildman–Crippen LogP) is 5.13. The number of ether oxygens (including phenoxy) is 1. The molecule has 1 saturated heterocycles. The fraction of sp³-hybridized carbons (Fsp3) is 0.226. The summed E-state index contributed by atoms with van der Waals surface area (Å²) in [5, 5.41) is 9.54. The highest BCUT2D eigenvalue weighted by Crippen LogP contribution is 2.51. The summed E-state index contributed by atoms with van der Waals surface area (Å²) >= 11 is 0. The number of pyridine rings is 1. The zero-order valence-electron chi connectivity index (χ0n) is 21.0. The molecule has 1 aliphatic heterocycles. The molecule has 4 aromatic rings. The van der Waals surface area contributed by atoms with E-state index in [0.29, 0.717) is 17.0 Å². The highest BCUT2D eigenvalue weighted by atomic mass is 16.5. The standard InChI is InChI=1S/C31H29N5O2/c32-19-21-5-4-8-24-25(21)18-31(29(24)34)13-15-36(16-14-31)27-17-26(33)28(30(37)35-27)20-9-11-23(12-10-20)38-22-6-2-1-3-7-22/h1-12,17,29H,13-16,18,34H2,(H3,33,35,37)/t29-/m1/s1. The monoisotopic (exact) mass is 503 g/mol. The van der Waals surface area contributed by atoms with Gasteiger partial charge in [0.25, 0.3) is 5.56 Å². The molecular formula is C31H29N5O2. The van der Waals surface area contributed by atoms with Gasteiger partial charge in [0.2, 0.25) is 0 Å². The number of hydrogen-bond donors (Lipinski definition) is 3. The maximum absolute atomic E-state index is 13.2. The third kappa shape index (κ3) is 4.09. The molecule has 7 nitrogen and oxygen atoms in total. The molecule has 0 saturated carbocycles. The van der Waals surface area contributed by atoms with Gasteiger partial charge in [0.1, 0.15) is 17.3 Å². The van der Waals surface area contributed by atoms with E-state index < -0.39 is 0 Å². The van der Waals surface area contributed by atoms with Crippen molar-refractivity contribution in [2.24, 2.45) is 11.1 Å². The van der Waals surface area contributed by atoms with Crippen LogP contribution >= 0.6 is 0 Å². The Labute approximate surface area is 221 Å². The molecule has 190 valence electrons. The van der Waals surface area contributed by atoms with Crippen LogP contribution in [-0.2, 0) is 6.42 Å². The highest BCUT2D eigenvalue weighted by molar-refractivity contribution is 5.77. The van der Waals surface area contributed by atoms with Crippen molar-refractivity contribution in [2.75, 3.05) is 23.7 Å². The van der Waals surface area contributed by atoms with Gasteiger partial charge in [-0.2, -0.15) is 5.26 Å². The van der Waals surface area contributed by atoms with Crippen LogP contribution in [0.1, 0.15) is 35.6 Å². The van der Waals surface area contributed by atoms with E-state index in [1.54, 1.807) is 0 Å². The average molecular weight is 504 g/mol. The van der Waals surface area contributed by atoms with Gasteiger partial charge in [-0.1, -0.05) is 42.5 Å². The molecular weight excluding hydrogens is 474 g/mol. The molecule has 1 spiro atoms. The molecule has 7 heteroatoms.